The Morgan fingerprint density at radius 2 is 1.53 bits per heavy atom. The zero-order chi connectivity index (χ0) is 23.6. The molecule has 0 saturated carbocycles. The summed E-state index contributed by atoms with van der Waals surface area (Å²) in [4.78, 5) is 36.1. The number of halogens is 1. The van der Waals surface area contributed by atoms with Crippen molar-refractivity contribution in [3.8, 4) is 0 Å². The molecule has 0 aromatic heterocycles. The normalized spacial score (nSPS) is 10.9. The fraction of sp³-hybridized carbons (Fsp3) is 0.375. The number of amides is 3. The van der Waals surface area contributed by atoms with Crippen molar-refractivity contribution < 1.29 is 19.1 Å². The molecule has 0 aliphatic carbocycles. The molecule has 0 radical (unpaired) electrons. The van der Waals surface area contributed by atoms with Crippen molar-refractivity contribution in [1.82, 2.24) is 10.6 Å². The molecule has 0 saturated heterocycles. The summed E-state index contributed by atoms with van der Waals surface area (Å²) >= 11 is 6.14. The number of hydrogen-bond donors (Lipinski definition) is 3. The summed E-state index contributed by atoms with van der Waals surface area (Å²) in [5, 5.41) is 8.89. The number of benzene rings is 2. The quantitative estimate of drug-likeness (QED) is 0.516. The summed E-state index contributed by atoms with van der Waals surface area (Å²) in [6, 6.07) is 14.7. The lowest BCUT2D eigenvalue weighted by molar-refractivity contribution is -0.121. The van der Waals surface area contributed by atoms with E-state index in [1.807, 2.05) is 36.4 Å². The van der Waals surface area contributed by atoms with Crippen LogP contribution in [-0.2, 0) is 27.3 Å². The minimum absolute atomic E-state index is 0.117. The number of rotatable bonds is 9. The summed E-state index contributed by atoms with van der Waals surface area (Å²) in [5.41, 5.74) is 1.76. The van der Waals surface area contributed by atoms with Crippen LogP contribution in [0.25, 0.3) is 0 Å². The molecular weight excluding hydrogens is 430 g/mol. The average Bonchev–Trinajstić information content (AvgIpc) is 2.71. The van der Waals surface area contributed by atoms with Gasteiger partial charge in [-0.25, -0.2) is 4.79 Å². The van der Waals surface area contributed by atoms with Crippen LogP contribution in [-0.4, -0.2) is 30.1 Å². The van der Waals surface area contributed by atoms with E-state index in [-0.39, 0.29) is 31.3 Å². The van der Waals surface area contributed by atoms with Crippen LogP contribution in [0.3, 0.4) is 0 Å². The molecule has 8 heteroatoms. The summed E-state index contributed by atoms with van der Waals surface area (Å²) in [7, 11) is 0. The lowest BCUT2D eigenvalue weighted by atomic mass is 10.1. The second-order valence-corrected chi connectivity index (χ2v) is 8.66. The maximum absolute atomic E-state index is 12.4. The van der Waals surface area contributed by atoms with Crippen molar-refractivity contribution in [2.75, 3.05) is 11.9 Å². The van der Waals surface area contributed by atoms with Gasteiger partial charge in [-0.2, -0.15) is 0 Å². The first-order valence-corrected chi connectivity index (χ1v) is 10.9. The topological polar surface area (TPSA) is 96.5 Å². The number of ether oxygens (including phenoxy) is 1. The minimum atomic E-state index is -0.589. The number of anilines is 1. The Kier molecular flexibility index (Phi) is 9.53. The largest absolute Gasteiger partial charge is 0.444 e. The zero-order valence-corrected chi connectivity index (χ0v) is 19.4. The second kappa shape index (κ2) is 12.1. The van der Waals surface area contributed by atoms with Gasteiger partial charge in [0, 0.05) is 36.6 Å². The highest BCUT2D eigenvalue weighted by atomic mass is 35.5. The molecule has 7 nitrogen and oxygen atoms in total. The highest BCUT2D eigenvalue weighted by molar-refractivity contribution is 6.31. The van der Waals surface area contributed by atoms with E-state index in [1.54, 1.807) is 32.9 Å². The van der Waals surface area contributed by atoms with Crippen LogP contribution < -0.4 is 16.0 Å². The number of hydrogen-bond acceptors (Lipinski definition) is 4. The van der Waals surface area contributed by atoms with E-state index < -0.39 is 11.7 Å². The van der Waals surface area contributed by atoms with Gasteiger partial charge >= 0.3 is 6.09 Å². The molecule has 3 amide bonds. The van der Waals surface area contributed by atoms with E-state index in [1.165, 1.54) is 0 Å². The first-order valence-electron chi connectivity index (χ1n) is 10.5. The summed E-state index contributed by atoms with van der Waals surface area (Å²) < 4.78 is 5.13. The number of carbonyl (C=O) groups is 3. The molecule has 0 atom stereocenters. The van der Waals surface area contributed by atoms with E-state index in [2.05, 4.69) is 16.0 Å². The Balaban J connectivity index is 1.79. The average molecular weight is 460 g/mol. The lowest BCUT2D eigenvalue weighted by Crippen LogP contribution is -2.35. The number of carbonyl (C=O) groups excluding carboxylic acids is 3. The number of nitrogens with one attached hydrogen (secondary N) is 3. The third-order valence-electron chi connectivity index (χ3n) is 4.37. The van der Waals surface area contributed by atoms with Gasteiger partial charge in [-0.1, -0.05) is 48.0 Å². The van der Waals surface area contributed by atoms with Gasteiger partial charge in [-0.3, -0.25) is 9.59 Å². The molecule has 172 valence electrons. The van der Waals surface area contributed by atoms with Gasteiger partial charge in [-0.15, -0.1) is 0 Å². The Morgan fingerprint density at radius 1 is 0.875 bits per heavy atom. The van der Waals surface area contributed by atoms with E-state index in [4.69, 9.17) is 16.3 Å². The molecular formula is C24H30ClN3O4. The summed E-state index contributed by atoms with van der Waals surface area (Å²) in [6.45, 7) is 5.73. The lowest BCUT2D eigenvalue weighted by Gasteiger charge is -2.19. The Morgan fingerprint density at radius 3 is 2.22 bits per heavy atom. The van der Waals surface area contributed by atoms with Crippen molar-refractivity contribution in [3.63, 3.8) is 0 Å². The molecule has 0 fully saturated rings. The number of para-hydroxylation sites is 1. The summed E-state index contributed by atoms with van der Waals surface area (Å²) in [5.74, 6) is -0.355. The van der Waals surface area contributed by atoms with Gasteiger partial charge < -0.3 is 20.7 Å². The van der Waals surface area contributed by atoms with Gasteiger partial charge in [0.15, 0.2) is 0 Å². The van der Waals surface area contributed by atoms with Crippen LogP contribution in [0, 0.1) is 0 Å². The maximum atomic E-state index is 12.4. The molecule has 2 aromatic rings. The molecule has 0 unspecified atom stereocenters. The maximum Gasteiger partial charge on any atom is 0.407 e. The second-order valence-electron chi connectivity index (χ2n) is 8.25. The van der Waals surface area contributed by atoms with Crippen molar-refractivity contribution in [2.24, 2.45) is 0 Å². The van der Waals surface area contributed by atoms with E-state index >= 15 is 0 Å². The van der Waals surface area contributed by atoms with Crippen LogP contribution in [0.15, 0.2) is 48.5 Å². The van der Waals surface area contributed by atoms with Gasteiger partial charge in [0.2, 0.25) is 11.8 Å². The molecule has 32 heavy (non-hydrogen) atoms. The van der Waals surface area contributed by atoms with Gasteiger partial charge in [0.1, 0.15) is 5.60 Å². The van der Waals surface area contributed by atoms with Crippen molar-refractivity contribution in [2.45, 2.75) is 52.2 Å². The number of alkyl carbamates (subject to hydrolysis) is 1. The van der Waals surface area contributed by atoms with Crippen LogP contribution in [0.2, 0.25) is 5.02 Å². The van der Waals surface area contributed by atoms with Crippen molar-refractivity contribution >= 4 is 35.2 Å². The SMILES string of the molecule is CC(C)(C)OC(=O)NCCC(=O)NCc1ccccc1NC(=O)CCc1ccccc1Cl. The zero-order valence-electron chi connectivity index (χ0n) is 18.7. The Bertz CT molecular complexity index is 941. The molecule has 2 rings (SSSR count). The van der Waals surface area contributed by atoms with Gasteiger partial charge in [0.05, 0.1) is 0 Å². The summed E-state index contributed by atoms with van der Waals surface area (Å²) in [6.07, 6.45) is 0.386. The molecule has 2 aromatic carbocycles. The molecule has 3 N–H and O–H groups in total. The fourth-order valence-corrected chi connectivity index (χ4v) is 3.06. The molecule has 0 bridgehead atoms. The van der Waals surface area contributed by atoms with Crippen LogP contribution >= 0.6 is 11.6 Å². The molecule has 0 spiro atoms. The highest BCUT2D eigenvalue weighted by Crippen LogP contribution is 2.18. The van der Waals surface area contributed by atoms with Crippen LogP contribution in [0.4, 0.5) is 10.5 Å². The Hall–Kier alpha value is -3.06. The standard InChI is InChI=1S/C24H30ClN3O4/c1-24(2,3)32-23(31)26-15-14-21(29)27-16-18-9-5-7-11-20(18)28-22(30)13-12-17-8-4-6-10-19(17)25/h4-11H,12-16H2,1-3H3,(H,26,31)(H,27,29)(H,28,30). The van der Waals surface area contributed by atoms with Crippen LogP contribution in [0.1, 0.15) is 44.7 Å². The minimum Gasteiger partial charge on any atom is -0.444 e. The van der Waals surface area contributed by atoms with Gasteiger partial charge in [-0.05, 0) is 50.5 Å². The molecule has 0 aliphatic rings. The first-order chi connectivity index (χ1) is 15.1. The van der Waals surface area contributed by atoms with Crippen molar-refractivity contribution in [3.05, 3.63) is 64.7 Å². The predicted molar refractivity (Wildman–Crippen MR) is 126 cm³/mol. The van der Waals surface area contributed by atoms with Crippen molar-refractivity contribution in [1.29, 1.82) is 0 Å². The van der Waals surface area contributed by atoms with E-state index in [0.717, 1.165) is 11.1 Å². The molecule has 0 aliphatic heterocycles. The Labute approximate surface area is 193 Å². The third-order valence-corrected chi connectivity index (χ3v) is 4.74. The monoisotopic (exact) mass is 459 g/mol. The molecule has 0 heterocycles. The third kappa shape index (κ3) is 9.39. The van der Waals surface area contributed by atoms with E-state index in [9.17, 15) is 14.4 Å². The highest BCUT2D eigenvalue weighted by Gasteiger charge is 2.16. The van der Waals surface area contributed by atoms with E-state index in [0.29, 0.717) is 23.6 Å². The van der Waals surface area contributed by atoms with Crippen LogP contribution in [0.5, 0.6) is 0 Å². The van der Waals surface area contributed by atoms with Gasteiger partial charge in [0.25, 0.3) is 0 Å². The first kappa shape index (κ1) is 25.2. The number of aryl methyl sites for hydroxylation is 1. The smallest absolute Gasteiger partial charge is 0.407 e. The predicted octanol–water partition coefficient (Wildman–Crippen LogP) is 4.44. The fourth-order valence-electron chi connectivity index (χ4n) is 2.83.